The molecule has 5 nitrogen and oxygen atoms in total. The van der Waals surface area contributed by atoms with Crippen molar-refractivity contribution in [3.8, 4) is 5.75 Å². The van der Waals surface area contributed by atoms with Crippen LogP contribution in [0.4, 0.5) is 0 Å². The molecule has 0 saturated carbocycles. The fourth-order valence-electron chi connectivity index (χ4n) is 0.978. The van der Waals surface area contributed by atoms with Crippen molar-refractivity contribution in [1.82, 2.24) is 0 Å². The number of carboxylic acids is 1. The minimum atomic E-state index is -2.43. The number of hydrogen-bond donors (Lipinski definition) is 2. The van der Waals surface area contributed by atoms with E-state index < -0.39 is 20.3 Å². The van der Waals surface area contributed by atoms with E-state index in [9.17, 15) is 9.36 Å². The number of benzene rings is 1. The molecular formula is C10H11O5P. The standard InChI is InChI=1S/C10H11O5P/c11-7-16(14)15-9-4-1-8(2-5-9)3-6-10(12)13/h1-6,11,16H,7H2,(H,12,13). The highest BCUT2D eigenvalue weighted by atomic mass is 31.1. The molecule has 1 aromatic carbocycles. The molecule has 1 rings (SSSR count). The number of carbonyl (C=O) groups is 1. The third kappa shape index (κ3) is 4.29. The second kappa shape index (κ2) is 6.10. The van der Waals surface area contributed by atoms with Gasteiger partial charge >= 0.3 is 5.97 Å². The predicted octanol–water partition coefficient (Wildman–Crippen LogP) is 1.59. The van der Waals surface area contributed by atoms with Gasteiger partial charge in [0.05, 0.1) is 0 Å². The first-order valence-electron chi connectivity index (χ1n) is 4.44. The van der Waals surface area contributed by atoms with Gasteiger partial charge in [-0.05, 0) is 23.8 Å². The Morgan fingerprint density at radius 2 is 2.00 bits per heavy atom. The predicted molar refractivity (Wildman–Crippen MR) is 59.8 cm³/mol. The molecule has 0 fully saturated rings. The maximum Gasteiger partial charge on any atom is 0.328 e. The Morgan fingerprint density at radius 1 is 1.38 bits per heavy atom. The summed E-state index contributed by atoms with van der Waals surface area (Å²) >= 11 is 0. The lowest BCUT2D eigenvalue weighted by atomic mass is 10.2. The van der Waals surface area contributed by atoms with E-state index >= 15 is 0 Å². The second-order valence-corrected chi connectivity index (χ2v) is 4.14. The van der Waals surface area contributed by atoms with Crippen LogP contribution in [0.5, 0.6) is 5.75 Å². The van der Waals surface area contributed by atoms with E-state index in [2.05, 4.69) is 0 Å². The Morgan fingerprint density at radius 3 is 2.50 bits per heavy atom. The Balaban J connectivity index is 2.68. The van der Waals surface area contributed by atoms with Gasteiger partial charge in [-0.15, -0.1) is 0 Å². The average molecular weight is 242 g/mol. The fraction of sp³-hybridized carbons (Fsp3) is 0.100. The van der Waals surface area contributed by atoms with Crippen molar-refractivity contribution in [2.75, 3.05) is 6.35 Å². The minimum absolute atomic E-state index is 0.380. The molecule has 1 atom stereocenters. The summed E-state index contributed by atoms with van der Waals surface area (Å²) in [6.07, 6.45) is 1.96. The van der Waals surface area contributed by atoms with Gasteiger partial charge in [-0.25, -0.2) is 4.79 Å². The summed E-state index contributed by atoms with van der Waals surface area (Å²) in [5.41, 5.74) is 0.693. The van der Waals surface area contributed by atoms with Gasteiger partial charge in [-0.2, -0.15) is 0 Å². The topological polar surface area (TPSA) is 83.8 Å². The molecule has 16 heavy (non-hydrogen) atoms. The summed E-state index contributed by atoms with van der Waals surface area (Å²) in [6, 6.07) is 6.36. The number of carboxylic acid groups (broad SMARTS) is 1. The van der Waals surface area contributed by atoms with Crippen LogP contribution in [-0.2, 0) is 9.36 Å². The quantitative estimate of drug-likeness (QED) is 0.605. The number of aliphatic hydroxyl groups excluding tert-OH is 1. The normalized spacial score (nSPS) is 12.6. The molecule has 1 unspecified atom stereocenters. The van der Waals surface area contributed by atoms with Gasteiger partial charge in [0.1, 0.15) is 12.1 Å². The lowest BCUT2D eigenvalue weighted by Gasteiger charge is -2.03. The van der Waals surface area contributed by atoms with Crippen molar-refractivity contribution in [2.45, 2.75) is 0 Å². The van der Waals surface area contributed by atoms with E-state index in [1.807, 2.05) is 0 Å². The number of aliphatic carboxylic acids is 1. The summed E-state index contributed by atoms with van der Waals surface area (Å²) in [6.45, 7) is 0. The van der Waals surface area contributed by atoms with Gasteiger partial charge in [0.25, 0.3) is 8.03 Å². The fourth-order valence-corrected chi connectivity index (χ4v) is 1.44. The van der Waals surface area contributed by atoms with Crippen molar-refractivity contribution in [3.63, 3.8) is 0 Å². The first-order chi connectivity index (χ1) is 7.61. The third-order valence-corrected chi connectivity index (χ3v) is 2.38. The van der Waals surface area contributed by atoms with E-state index in [1.54, 1.807) is 24.3 Å². The summed E-state index contributed by atoms with van der Waals surface area (Å²) in [5, 5.41) is 16.9. The molecule has 1 aromatic rings. The van der Waals surface area contributed by atoms with Gasteiger partial charge in [0.2, 0.25) is 0 Å². The molecule has 0 aliphatic rings. The smallest absolute Gasteiger partial charge is 0.328 e. The zero-order chi connectivity index (χ0) is 12.0. The molecular weight excluding hydrogens is 231 g/mol. The highest BCUT2D eigenvalue weighted by Crippen LogP contribution is 2.25. The van der Waals surface area contributed by atoms with Gasteiger partial charge in [0.15, 0.2) is 0 Å². The van der Waals surface area contributed by atoms with E-state index in [1.165, 1.54) is 6.08 Å². The molecule has 0 amide bonds. The van der Waals surface area contributed by atoms with Gasteiger partial charge < -0.3 is 14.7 Å². The van der Waals surface area contributed by atoms with Gasteiger partial charge in [-0.1, -0.05) is 12.1 Å². The third-order valence-electron chi connectivity index (χ3n) is 1.66. The maximum atomic E-state index is 10.9. The molecule has 0 bridgehead atoms. The van der Waals surface area contributed by atoms with Crippen LogP contribution in [-0.4, -0.2) is 22.5 Å². The van der Waals surface area contributed by atoms with E-state index in [0.29, 0.717) is 11.3 Å². The average Bonchev–Trinajstić information content (AvgIpc) is 2.28. The second-order valence-electron chi connectivity index (χ2n) is 2.87. The van der Waals surface area contributed by atoms with E-state index in [0.717, 1.165) is 6.08 Å². The molecule has 0 aliphatic heterocycles. The monoisotopic (exact) mass is 242 g/mol. The molecule has 86 valence electrons. The number of aliphatic hydroxyl groups is 1. The van der Waals surface area contributed by atoms with Crippen LogP contribution in [0, 0.1) is 0 Å². The zero-order valence-electron chi connectivity index (χ0n) is 8.29. The Bertz CT molecular complexity index is 410. The number of rotatable bonds is 5. The Hall–Kier alpha value is -1.58. The number of hydrogen-bond acceptors (Lipinski definition) is 4. The SMILES string of the molecule is O=C(O)C=Cc1ccc(O[PH](=O)CO)cc1. The van der Waals surface area contributed by atoms with Crippen molar-refractivity contribution in [3.05, 3.63) is 35.9 Å². The lowest BCUT2D eigenvalue weighted by Crippen LogP contribution is -1.86. The molecule has 0 saturated heterocycles. The van der Waals surface area contributed by atoms with Crippen LogP contribution in [0.25, 0.3) is 6.08 Å². The molecule has 0 aliphatic carbocycles. The molecule has 6 heteroatoms. The van der Waals surface area contributed by atoms with Crippen molar-refractivity contribution < 1.29 is 24.1 Å². The minimum Gasteiger partial charge on any atom is -0.478 e. The molecule has 0 spiro atoms. The summed E-state index contributed by atoms with van der Waals surface area (Å²) < 4.78 is 15.8. The summed E-state index contributed by atoms with van der Waals surface area (Å²) in [7, 11) is -2.43. The molecule has 0 aromatic heterocycles. The van der Waals surface area contributed by atoms with Crippen LogP contribution < -0.4 is 4.52 Å². The van der Waals surface area contributed by atoms with Gasteiger partial charge in [-0.3, -0.25) is 4.57 Å². The van der Waals surface area contributed by atoms with Crippen LogP contribution in [0.1, 0.15) is 5.56 Å². The van der Waals surface area contributed by atoms with Crippen LogP contribution in [0.15, 0.2) is 30.3 Å². The van der Waals surface area contributed by atoms with Crippen LogP contribution in [0.3, 0.4) is 0 Å². The van der Waals surface area contributed by atoms with Crippen molar-refractivity contribution in [1.29, 1.82) is 0 Å². The molecule has 2 N–H and O–H groups in total. The highest BCUT2D eigenvalue weighted by molar-refractivity contribution is 7.39. The van der Waals surface area contributed by atoms with Crippen LogP contribution in [0.2, 0.25) is 0 Å². The van der Waals surface area contributed by atoms with Crippen LogP contribution >= 0.6 is 8.03 Å². The first-order valence-corrected chi connectivity index (χ1v) is 5.97. The summed E-state index contributed by atoms with van der Waals surface area (Å²) in [5.74, 6) is -0.643. The van der Waals surface area contributed by atoms with Gasteiger partial charge in [0, 0.05) is 6.08 Å². The molecule has 0 radical (unpaired) electrons. The van der Waals surface area contributed by atoms with E-state index in [4.69, 9.17) is 14.7 Å². The Kier molecular flexibility index (Phi) is 4.76. The molecule has 0 heterocycles. The maximum absolute atomic E-state index is 10.9. The van der Waals surface area contributed by atoms with Crippen molar-refractivity contribution >= 4 is 20.1 Å². The Labute approximate surface area is 92.9 Å². The zero-order valence-corrected chi connectivity index (χ0v) is 9.29. The summed E-state index contributed by atoms with van der Waals surface area (Å²) in [4.78, 5) is 10.2. The highest BCUT2D eigenvalue weighted by Gasteiger charge is 1.99. The largest absolute Gasteiger partial charge is 0.478 e. The van der Waals surface area contributed by atoms with E-state index in [-0.39, 0.29) is 0 Å². The lowest BCUT2D eigenvalue weighted by molar-refractivity contribution is -0.131. The first kappa shape index (κ1) is 12.5. The van der Waals surface area contributed by atoms with Crippen molar-refractivity contribution in [2.24, 2.45) is 0 Å².